The number of hydrogen-bond acceptors (Lipinski definition) is 3. The van der Waals surface area contributed by atoms with Crippen molar-refractivity contribution in [3.8, 4) is 0 Å². The Morgan fingerprint density at radius 2 is 1.67 bits per heavy atom. The van der Waals surface area contributed by atoms with Crippen molar-refractivity contribution < 1.29 is 14.4 Å². The van der Waals surface area contributed by atoms with E-state index in [0.717, 1.165) is 11.1 Å². The third kappa shape index (κ3) is 3.43. The normalized spacial score (nSPS) is 19.5. The first kappa shape index (κ1) is 18.6. The molecule has 1 fully saturated rings. The number of imide groups is 1. The van der Waals surface area contributed by atoms with Crippen molar-refractivity contribution in [2.24, 2.45) is 5.73 Å². The Morgan fingerprint density at radius 1 is 1.07 bits per heavy atom. The Balaban J connectivity index is 1.82. The zero-order valence-corrected chi connectivity index (χ0v) is 15.7. The zero-order chi connectivity index (χ0) is 19.8. The van der Waals surface area contributed by atoms with Crippen molar-refractivity contribution in [1.82, 2.24) is 10.2 Å². The van der Waals surface area contributed by atoms with Crippen molar-refractivity contribution in [2.45, 2.75) is 38.8 Å². The second-order valence-corrected chi connectivity index (χ2v) is 7.28. The van der Waals surface area contributed by atoms with E-state index in [9.17, 15) is 14.4 Å². The van der Waals surface area contributed by atoms with Gasteiger partial charge in [0.1, 0.15) is 5.54 Å². The van der Waals surface area contributed by atoms with Gasteiger partial charge in [-0.05, 0) is 41.7 Å². The van der Waals surface area contributed by atoms with Crippen molar-refractivity contribution in [1.29, 1.82) is 0 Å². The molecule has 1 aliphatic rings. The molecule has 1 heterocycles. The van der Waals surface area contributed by atoms with E-state index in [1.54, 1.807) is 31.2 Å². The molecule has 1 saturated heterocycles. The Bertz CT molecular complexity index is 888. The number of amides is 4. The summed E-state index contributed by atoms with van der Waals surface area (Å²) in [7, 11) is 0. The average molecular weight is 365 g/mol. The zero-order valence-electron chi connectivity index (χ0n) is 15.7. The molecule has 0 saturated carbocycles. The molecule has 3 N–H and O–H groups in total. The summed E-state index contributed by atoms with van der Waals surface area (Å²) in [6.45, 7) is 6.05. The molecule has 0 unspecified atom stereocenters. The molecule has 0 aliphatic carbocycles. The number of nitrogens with one attached hydrogen (secondary N) is 1. The molecule has 140 valence electrons. The SMILES string of the molecule is CC(C)c1ccc([C@@]2(C)NC(=O)N(Cc3ccc(C(N)=O)cc3)C2=O)cc1. The van der Waals surface area contributed by atoms with Gasteiger partial charge in [-0.25, -0.2) is 4.79 Å². The van der Waals surface area contributed by atoms with Crippen LogP contribution in [0.1, 0.15) is 53.7 Å². The minimum atomic E-state index is -1.10. The molecule has 1 atom stereocenters. The van der Waals surface area contributed by atoms with Crippen molar-refractivity contribution in [3.63, 3.8) is 0 Å². The van der Waals surface area contributed by atoms with Gasteiger partial charge in [0.2, 0.25) is 5.91 Å². The topological polar surface area (TPSA) is 92.5 Å². The summed E-state index contributed by atoms with van der Waals surface area (Å²) in [5.74, 6) is -0.432. The molecular formula is C21H23N3O3. The summed E-state index contributed by atoms with van der Waals surface area (Å²) >= 11 is 0. The van der Waals surface area contributed by atoms with Crippen molar-refractivity contribution in [2.75, 3.05) is 0 Å². The minimum absolute atomic E-state index is 0.128. The van der Waals surface area contributed by atoms with E-state index in [1.807, 2.05) is 24.3 Å². The standard InChI is InChI=1S/C21H23N3O3/c1-13(2)15-8-10-17(11-9-15)21(3)19(26)24(20(27)23-21)12-14-4-6-16(7-5-14)18(22)25/h4-11,13H,12H2,1-3H3,(H2,22,25)(H,23,27)/t21-/m1/s1. The quantitative estimate of drug-likeness (QED) is 0.798. The molecule has 0 radical (unpaired) electrons. The fourth-order valence-electron chi connectivity index (χ4n) is 3.19. The Morgan fingerprint density at radius 3 is 2.19 bits per heavy atom. The smallest absolute Gasteiger partial charge is 0.325 e. The number of carbonyl (C=O) groups excluding carboxylic acids is 3. The van der Waals surface area contributed by atoms with Gasteiger partial charge in [0.15, 0.2) is 0 Å². The molecule has 0 spiro atoms. The summed E-state index contributed by atoms with van der Waals surface area (Å²) in [6, 6.07) is 13.8. The molecule has 2 aromatic rings. The maximum absolute atomic E-state index is 13.0. The van der Waals surface area contributed by atoms with Crippen LogP contribution >= 0.6 is 0 Å². The summed E-state index contributed by atoms with van der Waals surface area (Å²) in [6.07, 6.45) is 0. The van der Waals surface area contributed by atoms with Crippen LogP contribution in [0, 0.1) is 0 Å². The van der Waals surface area contributed by atoms with Crippen LogP contribution in [0.5, 0.6) is 0 Å². The van der Waals surface area contributed by atoms with E-state index in [4.69, 9.17) is 5.73 Å². The number of urea groups is 1. The molecule has 1 aliphatic heterocycles. The van der Waals surface area contributed by atoms with E-state index in [2.05, 4.69) is 19.2 Å². The predicted octanol–water partition coefficient (Wildman–Crippen LogP) is 2.88. The molecule has 6 nitrogen and oxygen atoms in total. The van der Waals surface area contributed by atoms with E-state index in [1.165, 1.54) is 10.5 Å². The molecule has 4 amide bonds. The highest BCUT2D eigenvalue weighted by Gasteiger charge is 2.48. The second kappa shape index (κ2) is 6.87. The van der Waals surface area contributed by atoms with Crippen LogP contribution in [0.4, 0.5) is 4.79 Å². The third-order valence-electron chi connectivity index (χ3n) is 5.01. The summed E-state index contributed by atoms with van der Waals surface area (Å²) in [5, 5.41) is 2.81. The highest BCUT2D eigenvalue weighted by atomic mass is 16.2. The van der Waals surface area contributed by atoms with E-state index >= 15 is 0 Å². The van der Waals surface area contributed by atoms with Gasteiger partial charge in [0.25, 0.3) is 5.91 Å². The van der Waals surface area contributed by atoms with E-state index in [0.29, 0.717) is 11.5 Å². The second-order valence-electron chi connectivity index (χ2n) is 7.28. The Labute approximate surface area is 158 Å². The first-order valence-electron chi connectivity index (χ1n) is 8.85. The lowest BCUT2D eigenvalue weighted by atomic mass is 9.90. The Kier molecular flexibility index (Phi) is 4.74. The first-order chi connectivity index (χ1) is 12.7. The largest absolute Gasteiger partial charge is 0.366 e. The van der Waals surface area contributed by atoms with Gasteiger partial charge in [0, 0.05) is 5.56 Å². The number of benzene rings is 2. The number of nitrogens with zero attached hydrogens (tertiary/aromatic N) is 1. The first-order valence-corrected chi connectivity index (χ1v) is 8.85. The van der Waals surface area contributed by atoms with Crippen LogP contribution in [0.25, 0.3) is 0 Å². The number of nitrogens with two attached hydrogens (primary N) is 1. The molecular weight excluding hydrogens is 342 g/mol. The van der Waals surface area contributed by atoms with Gasteiger partial charge in [-0.2, -0.15) is 0 Å². The molecule has 0 aromatic heterocycles. The monoisotopic (exact) mass is 365 g/mol. The fraction of sp³-hybridized carbons (Fsp3) is 0.286. The molecule has 0 bridgehead atoms. The number of rotatable bonds is 5. The summed E-state index contributed by atoms with van der Waals surface area (Å²) < 4.78 is 0. The van der Waals surface area contributed by atoms with Gasteiger partial charge < -0.3 is 11.1 Å². The third-order valence-corrected chi connectivity index (χ3v) is 5.01. The lowest BCUT2D eigenvalue weighted by molar-refractivity contribution is -0.131. The maximum atomic E-state index is 13.0. The molecule has 2 aromatic carbocycles. The average Bonchev–Trinajstić information content (AvgIpc) is 2.86. The fourth-order valence-corrected chi connectivity index (χ4v) is 3.19. The van der Waals surface area contributed by atoms with E-state index < -0.39 is 17.5 Å². The molecule has 6 heteroatoms. The van der Waals surface area contributed by atoms with Crippen LogP contribution in [-0.2, 0) is 16.9 Å². The van der Waals surface area contributed by atoms with E-state index in [-0.39, 0.29) is 12.5 Å². The van der Waals surface area contributed by atoms with Gasteiger partial charge in [-0.15, -0.1) is 0 Å². The van der Waals surface area contributed by atoms with Gasteiger partial charge in [-0.3, -0.25) is 14.5 Å². The summed E-state index contributed by atoms with van der Waals surface area (Å²) in [4.78, 5) is 37.8. The maximum Gasteiger partial charge on any atom is 0.325 e. The highest BCUT2D eigenvalue weighted by molar-refractivity contribution is 6.07. The molecule has 3 rings (SSSR count). The van der Waals surface area contributed by atoms with Crippen molar-refractivity contribution in [3.05, 3.63) is 70.8 Å². The lowest BCUT2D eigenvalue weighted by Crippen LogP contribution is -2.40. The lowest BCUT2D eigenvalue weighted by Gasteiger charge is -2.23. The van der Waals surface area contributed by atoms with Crippen molar-refractivity contribution >= 4 is 17.8 Å². The molecule has 27 heavy (non-hydrogen) atoms. The van der Waals surface area contributed by atoms with Crippen LogP contribution < -0.4 is 11.1 Å². The van der Waals surface area contributed by atoms with Crippen LogP contribution in [-0.4, -0.2) is 22.7 Å². The number of primary amides is 1. The predicted molar refractivity (Wildman–Crippen MR) is 102 cm³/mol. The summed E-state index contributed by atoms with van der Waals surface area (Å²) in [5.41, 5.74) is 7.17. The van der Waals surface area contributed by atoms with Gasteiger partial charge in [-0.1, -0.05) is 50.2 Å². The van der Waals surface area contributed by atoms with Crippen LogP contribution in [0.2, 0.25) is 0 Å². The van der Waals surface area contributed by atoms with Gasteiger partial charge in [0.05, 0.1) is 6.54 Å². The van der Waals surface area contributed by atoms with Crippen LogP contribution in [0.3, 0.4) is 0 Å². The number of hydrogen-bond donors (Lipinski definition) is 2. The Hall–Kier alpha value is -3.15. The van der Waals surface area contributed by atoms with Gasteiger partial charge >= 0.3 is 6.03 Å². The number of carbonyl (C=O) groups is 3. The van der Waals surface area contributed by atoms with Crippen LogP contribution in [0.15, 0.2) is 48.5 Å². The highest BCUT2D eigenvalue weighted by Crippen LogP contribution is 2.30. The minimum Gasteiger partial charge on any atom is -0.366 e.